The van der Waals surface area contributed by atoms with E-state index >= 15 is 0 Å². The maximum absolute atomic E-state index is 14.9. The molecule has 9 atom stereocenters. The molecule has 65 heavy (non-hydrogen) atoms. The van der Waals surface area contributed by atoms with Crippen LogP contribution in [0.3, 0.4) is 0 Å². The lowest BCUT2D eigenvalue weighted by atomic mass is 10.2. The molecule has 4 rings (SSSR count). The predicted molar refractivity (Wildman–Crippen MR) is 242 cm³/mol. The molecule has 0 aliphatic carbocycles. The van der Waals surface area contributed by atoms with Gasteiger partial charge in [-0.15, -0.1) is 0 Å². The van der Waals surface area contributed by atoms with Crippen LogP contribution in [-0.4, -0.2) is 267 Å². The van der Waals surface area contributed by atoms with Crippen molar-refractivity contribution in [1.29, 1.82) is 0 Å². The highest BCUT2D eigenvalue weighted by molar-refractivity contribution is 7.56. The van der Waals surface area contributed by atoms with Crippen LogP contribution in [0.5, 0.6) is 0 Å². The van der Waals surface area contributed by atoms with Crippen molar-refractivity contribution in [3.63, 3.8) is 0 Å². The summed E-state index contributed by atoms with van der Waals surface area (Å²) in [6, 6.07) is 0. The first-order valence-electron chi connectivity index (χ1n) is 22.4. The molecule has 0 aromatic carbocycles. The second-order valence-electron chi connectivity index (χ2n) is 17.0. The second-order valence-corrected chi connectivity index (χ2v) is 24.6. The summed E-state index contributed by atoms with van der Waals surface area (Å²) in [5.41, 5.74) is 0. The molecule has 27 heteroatoms. The lowest BCUT2D eigenvalue weighted by Gasteiger charge is -2.44. The van der Waals surface area contributed by atoms with Gasteiger partial charge in [-0.2, -0.15) is 0 Å². The van der Waals surface area contributed by atoms with Gasteiger partial charge in [0, 0.05) is 65.4 Å². The number of carbonyl (C=O) groups is 2. The standard InChI is InChI=1S/C38H78N9O15P3/c1-31-21-44(37(49)20-39-4)24-34(60-31)27-57-63(51,30-40-5)46-22-32(2)61-35(25-46)28-59-65(53,42(8)9)47-23-33(3)62-36(26-47)29-58-64(52,41(6)7)45-12-10-43(11-13-45)38(50)56-19-18-55-17-16-54-15-14-48/h31-36,39-40,48H,10-30H2,1-9H3. The van der Waals surface area contributed by atoms with Gasteiger partial charge < -0.3 is 67.5 Å². The molecule has 4 heterocycles. The Morgan fingerprint density at radius 3 is 1.66 bits per heavy atom. The summed E-state index contributed by atoms with van der Waals surface area (Å²) in [7, 11) is -0.619. The molecule has 2 amide bonds. The SMILES string of the molecule is CNCC(=O)N1CC(C)OC(COP(=O)(CNC)N2CC(C)OC(COP(=O)(N(C)C)N3CC(C)OC(COP(=O)(N(C)C)N4CCN(C(=O)OCCOCCOCCO)CC4)C3)C2)C1. The number of morpholine rings is 3. The van der Waals surface area contributed by atoms with Gasteiger partial charge in [-0.25, -0.2) is 28.1 Å². The van der Waals surface area contributed by atoms with E-state index in [1.165, 1.54) is 0 Å². The Hall–Kier alpha value is -1.21. The monoisotopic (exact) mass is 993 g/mol. The van der Waals surface area contributed by atoms with Gasteiger partial charge in [0.1, 0.15) is 6.61 Å². The molecule has 0 radical (unpaired) electrons. The fourth-order valence-corrected chi connectivity index (χ4v) is 14.2. The van der Waals surface area contributed by atoms with Crippen LogP contribution in [0.25, 0.3) is 0 Å². The number of ether oxygens (including phenoxy) is 6. The van der Waals surface area contributed by atoms with Gasteiger partial charge in [-0.3, -0.25) is 18.5 Å². The molecule has 9 unspecified atom stereocenters. The summed E-state index contributed by atoms with van der Waals surface area (Å²) in [6.45, 7) is 9.71. The van der Waals surface area contributed by atoms with Crippen molar-refractivity contribution in [2.45, 2.75) is 57.4 Å². The summed E-state index contributed by atoms with van der Waals surface area (Å²) in [4.78, 5) is 28.6. The summed E-state index contributed by atoms with van der Waals surface area (Å²) in [5.74, 6) is -0.0430. The predicted octanol–water partition coefficient (Wildman–Crippen LogP) is 0.539. The maximum atomic E-state index is 14.9. The number of piperazine rings is 1. The Morgan fingerprint density at radius 1 is 0.615 bits per heavy atom. The molecule has 4 aliphatic heterocycles. The highest BCUT2D eigenvalue weighted by Gasteiger charge is 2.45. The summed E-state index contributed by atoms with van der Waals surface area (Å²) in [5, 5.41) is 14.7. The average molecular weight is 994 g/mol. The molecular formula is C38H78N9O15P3. The largest absolute Gasteiger partial charge is 0.447 e. The van der Waals surface area contributed by atoms with E-state index in [9.17, 15) is 23.3 Å². The van der Waals surface area contributed by atoms with Gasteiger partial charge in [-0.05, 0) is 63.1 Å². The van der Waals surface area contributed by atoms with Crippen LogP contribution in [0.15, 0.2) is 0 Å². The Morgan fingerprint density at radius 2 is 1.11 bits per heavy atom. The van der Waals surface area contributed by atoms with Crippen LogP contribution in [-0.2, 0) is 60.5 Å². The van der Waals surface area contributed by atoms with E-state index in [0.29, 0.717) is 39.4 Å². The van der Waals surface area contributed by atoms with Crippen molar-refractivity contribution in [3.8, 4) is 0 Å². The molecule has 0 aromatic heterocycles. The van der Waals surface area contributed by atoms with Gasteiger partial charge in [0.2, 0.25) is 5.91 Å². The van der Waals surface area contributed by atoms with Crippen molar-refractivity contribution < 1.29 is 70.4 Å². The van der Waals surface area contributed by atoms with E-state index in [0.717, 1.165) is 0 Å². The third-order valence-electron chi connectivity index (χ3n) is 11.0. The van der Waals surface area contributed by atoms with Crippen molar-refractivity contribution in [2.75, 3.05) is 180 Å². The van der Waals surface area contributed by atoms with E-state index in [1.807, 2.05) is 20.8 Å². The van der Waals surface area contributed by atoms with E-state index in [4.69, 9.17) is 47.1 Å². The first-order chi connectivity index (χ1) is 30.9. The number of amides is 2. The number of aliphatic hydroxyl groups is 1. The molecule has 3 N–H and O–H groups in total. The summed E-state index contributed by atoms with van der Waals surface area (Å²) < 4.78 is 105. The number of nitrogens with zero attached hydrogens (tertiary/aromatic N) is 7. The topological polar surface area (TPSA) is 235 Å². The number of carbonyl (C=O) groups excluding carboxylic acids is 2. The maximum Gasteiger partial charge on any atom is 0.409 e. The smallest absolute Gasteiger partial charge is 0.409 e. The minimum Gasteiger partial charge on any atom is -0.447 e. The molecule has 0 aromatic rings. The van der Waals surface area contributed by atoms with Gasteiger partial charge in [0.15, 0.2) is 0 Å². The van der Waals surface area contributed by atoms with Crippen molar-refractivity contribution in [2.24, 2.45) is 0 Å². The van der Waals surface area contributed by atoms with E-state index in [1.54, 1.807) is 75.4 Å². The van der Waals surface area contributed by atoms with Crippen molar-refractivity contribution in [1.82, 2.24) is 43.8 Å². The van der Waals surface area contributed by atoms with Gasteiger partial charge in [-0.1, -0.05) is 0 Å². The molecule has 24 nitrogen and oxygen atoms in total. The number of likely N-dealkylation sites (N-methyl/N-ethyl adjacent to an activating group) is 1. The molecular weight excluding hydrogens is 915 g/mol. The Balaban J connectivity index is 1.32. The zero-order valence-electron chi connectivity index (χ0n) is 39.9. The minimum absolute atomic E-state index is 0.0230. The molecule has 4 saturated heterocycles. The molecule has 0 saturated carbocycles. The first-order valence-corrected chi connectivity index (χ1v) is 27.3. The number of rotatable bonds is 26. The normalized spacial score (nSPS) is 28.2. The third kappa shape index (κ3) is 16.7. The molecule has 4 aliphatic rings. The fourth-order valence-electron chi connectivity index (χ4n) is 7.97. The lowest BCUT2D eigenvalue weighted by Crippen LogP contribution is -2.52. The third-order valence-corrected chi connectivity index (χ3v) is 18.6. The fraction of sp³-hybridized carbons (Fsp3) is 0.947. The van der Waals surface area contributed by atoms with Crippen LogP contribution in [0.2, 0.25) is 0 Å². The molecule has 0 spiro atoms. The molecule has 4 fully saturated rings. The number of hydrogen-bond acceptors (Lipinski definition) is 17. The van der Waals surface area contributed by atoms with Crippen LogP contribution < -0.4 is 10.6 Å². The van der Waals surface area contributed by atoms with Crippen molar-refractivity contribution in [3.05, 3.63) is 0 Å². The average Bonchev–Trinajstić information content (AvgIpc) is 3.27. The minimum atomic E-state index is -3.70. The zero-order valence-corrected chi connectivity index (χ0v) is 42.6. The highest BCUT2D eigenvalue weighted by Crippen LogP contribution is 2.56. The number of hydrogen-bond donors (Lipinski definition) is 3. The Kier molecular flexibility index (Phi) is 23.6. The van der Waals surface area contributed by atoms with Crippen molar-refractivity contribution >= 4 is 34.9 Å². The summed E-state index contributed by atoms with van der Waals surface area (Å²) in [6.07, 6.45) is -3.03. The van der Waals surface area contributed by atoms with Crippen LogP contribution in [0.4, 0.5) is 4.79 Å². The molecule has 0 bridgehead atoms. The quantitative estimate of drug-likeness (QED) is 0.0793. The zero-order chi connectivity index (χ0) is 47.8. The summed E-state index contributed by atoms with van der Waals surface area (Å²) >= 11 is 0. The van der Waals surface area contributed by atoms with E-state index in [2.05, 4.69) is 10.6 Å². The first kappa shape index (κ1) is 56.4. The second kappa shape index (κ2) is 27.3. The molecule has 380 valence electrons. The number of aliphatic hydroxyl groups excluding tert-OH is 1. The highest BCUT2D eigenvalue weighted by atomic mass is 31.2. The number of nitrogens with one attached hydrogen (secondary N) is 2. The van der Waals surface area contributed by atoms with E-state index in [-0.39, 0.29) is 123 Å². The van der Waals surface area contributed by atoms with Gasteiger partial charge in [0.05, 0.1) is 102 Å². The Labute approximate surface area is 385 Å². The van der Waals surface area contributed by atoms with Crippen LogP contribution >= 0.6 is 22.9 Å². The van der Waals surface area contributed by atoms with E-state index < -0.39 is 47.3 Å². The van der Waals surface area contributed by atoms with Crippen LogP contribution in [0.1, 0.15) is 20.8 Å². The van der Waals surface area contributed by atoms with Gasteiger partial charge in [0.25, 0.3) is 7.52 Å². The van der Waals surface area contributed by atoms with Gasteiger partial charge >= 0.3 is 21.4 Å². The lowest BCUT2D eigenvalue weighted by molar-refractivity contribution is -0.145. The Bertz CT molecular complexity index is 1600. The van der Waals surface area contributed by atoms with Crippen LogP contribution in [0, 0.1) is 0 Å².